The summed E-state index contributed by atoms with van der Waals surface area (Å²) in [7, 11) is 0. The highest BCUT2D eigenvalue weighted by atomic mass is 35.5. The van der Waals surface area contributed by atoms with E-state index in [9.17, 15) is 0 Å². The van der Waals surface area contributed by atoms with Crippen LogP contribution in [0.2, 0.25) is 8.67 Å². The number of thiophene rings is 1. The molecule has 1 saturated heterocycles. The molecule has 102 valence electrons. The van der Waals surface area contributed by atoms with Crippen LogP contribution in [-0.4, -0.2) is 17.1 Å². The van der Waals surface area contributed by atoms with Crippen molar-refractivity contribution in [2.45, 2.75) is 58.2 Å². The van der Waals surface area contributed by atoms with Crippen molar-refractivity contribution in [3.8, 4) is 0 Å². The summed E-state index contributed by atoms with van der Waals surface area (Å²) in [6.45, 7) is 6.69. The van der Waals surface area contributed by atoms with E-state index >= 15 is 0 Å². The molecule has 0 amide bonds. The maximum Gasteiger partial charge on any atom is 0.0992 e. The summed E-state index contributed by atoms with van der Waals surface area (Å²) in [4.78, 5) is 0. The van der Waals surface area contributed by atoms with Gasteiger partial charge in [0.25, 0.3) is 0 Å². The molecule has 1 fully saturated rings. The summed E-state index contributed by atoms with van der Waals surface area (Å²) in [6, 6.07) is 3.31. The van der Waals surface area contributed by atoms with Gasteiger partial charge in [-0.15, -0.1) is 11.3 Å². The maximum atomic E-state index is 6.21. The molecule has 18 heavy (non-hydrogen) atoms. The van der Waals surface area contributed by atoms with Gasteiger partial charge in [0.1, 0.15) is 0 Å². The van der Waals surface area contributed by atoms with E-state index in [-0.39, 0.29) is 6.04 Å². The van der Waals surface area contributed by atoms with E-state index in [1.165, 1.54) is 30.6 Å². The minimum Gasteiger partial charge on any atom is -0.247 e. The second-order valence-electron chi connectivity index (χ2n) is 5.17. The van der Waals surface area contributed by atoms with Gasteiger partial charge in [-0.2, -0.15) is 0 Å². The normalized spacial score (nSPS) is 27.4. The smallest absolute Gasteiger partial charge is 0.0992 e. The molecular weight excluding hydrogens is 287 g/mol. The summed E-state index contributed by atoms with van der Waals surface area (Å²) in [5.74, 6) is 0. The third-order valence-corrected chi connectivity index (χ3v) is 5.20. The van der Waals surface area contributed by atoms with E-state index in [4.69, 9.17) is 23.2 Å². The number of nitrogens with zero attached hydrogens (tertiary/aromatic N) is 1. The van der Waals surface area contributed by atoms with Crippen LogP contribution >= 0.6 is 34.5 Å². The number of hydrazine groups is 1. The molecule has 0 saturated carbocycles. The van der Waals surface area contributed by atoms with Crippen molar-refractivity contribution >= 4 is 34.5 Å². The van der Waals surface area contributed by atoms with Gasteiger partial charge >= 0.3 is 0 Å². The summed E-state index contributed by atoms with van der Waals surface area (Å²) >= 11 is 13.6. The molecule has 0 bridgehead atoms. The first-order valence-corrected chi connectivity index (χ1v) is 8.05. The number of rotatable bonds is 3. The molecule has 1 aromatic heterocycles. The minimum atomic E-state index is 0.198. The first-order valence-electron chi connectivity index (χ1n) is 6.48. The van der Waals surface area contributed by atoms with Crippen LogP contribution in [0.5, 0.6) is 0 Å². The van der Waals surface area contributed by atoms with Crippen LogP contribution in [0.1, 0.15) is 51.6 Å². The molecule has 2 heterocycles. The largest absolute Gasteiger partial charge is 0.247 e. The van der Waals surface area contributed by atoms with Gasteiger partial charge in [0.15, 0.2) is 0 Å². The highest BCUT2D eigenvalue weighted by Gasteiger charge is 2.26. The Bertz CT molecular complexity index is 398. The minimum absolute atomic E-state index is 0.198. The molecular formula is C13H20Cl2N2S. The van der Waals surface area contributed by atoms with Gasteiger partial charge in [-0.25, -0.2) is 10.4 Å². The highest BCUT2D eigenvalue weighted by Crippen LogP contribution is 2.35. The zero-order valence-electron chi connectivity index (χ0n) is 11.0. The molecule has 5 heteroatoms. The fourth-order valence-corrected chi connectivity index (χ4v) is 4.26. The predicted octanol–water partition coefficient (Wildman–Crippen LogP) is 4.88. The average Bonchev–Trinajstić information content (AvgIpc) is 2.63. The molecule has 3 unspecified atom stereocenters. The van der Waals surface area contributed by atoms with E-state index in [2.05, 4.69) is 31.2 Å². The Morgan fingerprint density at radius 1 is 1.33 bits per heavy atom. The van der Waals surface area contributed by atoms with Crippen molar-refractivity contribution in [3.63, 3.8) is 0 Å². The lowest BCUT2D eigenvalue weighted by Gasteiger charge is -2.40. The van der Waals surface area contributed by atoms with Gasteiger partial charge in [0.2, 0.25) is 0 Å². The molecule has 1 aliphatic rings. The Morgan fingerprint density at radius 2 is 1.94 bits per heavy atom. The summed E-state index contributed by atoms with van der Waals surface area (Å²) in [5, 5.41) is 2.37. The second kappa shape index (κ2) is 6.10. The fourth-order valence-electron chi connectivity index (χ4n) is 2.62. The molecule has 3 atom stereocenters. The molecule has 0 radical (unpaired) electrons. The lowest BCUT2D eigenvalue weighted by Crippen LogP contribution is -2.52. The van der Waals surface area contributed by atoms with E-state index in [1.54, 1.807) is 0 Å². The van der Waals surface area contributed by atoms with Crippen LogP contribution in [0.4, 0.5) is 0 Å². The molecule has 2 rings (SSSR count). The van der Waals surface area contributed by atoms with Crippen molar-refractivity contribution < 1.29 is 0 Å². The van der Waals surface area contributed by atoms with Crippen LogP contribution in [-0.2, 0) is 0 Å². The molecule has 0 aliphatic carbocycles. The van der Waals surface area contributed by atoms with Gasteiger partial charge in [0.05, 0.1) is 8.67 Å². The Kier molecular flexibility index (Phi) is 4.95. The van der Waals surface area contributed by atoms with Crippen LogP contribution < -0.4 is 5.43 Å². The number of halogens is 2. The number of hydrogen-bond acceptors (Lipinski definition) is 3. The number of hydrogen-bond donors (Lipinski definition) is 1. The monoisotopic (exact) mass is 306 g/mol. The average molecular weight is 307 g/mol. The standard InChI is InChI=1S/C13H20Cl2N2S/c1-8-5-4-6-9(2)17(8)16-10(3)11-7-12(14)18-13(11)15/h7-10,16H,4-6H2,1-3H3. The van der Waals surface area contributed by atoms with Gasteiger partial charge in [0, 0.05) is 23.7 Å². The van der Waals surface area contributed by atoms with Crippen molar-refractivity contribution in [1.82, 2.24) is 10.4 Å². The molecule has 1 aliphatic heterocycles. The van der Waals surface area contributed by atoms with Crippen LogP contribution in [0, 0.1) is 0 Å². The topological polar surface area (TPSA) is 15.3 Å². The Hall–Kier alpha value is 0.200. The quantitative estimate of drug-likeness (QED) is 0.856. The summed E-state index contributed by atoms with van der Waals surface area (Å²) < 4.78 is 1.54. The Balaban J connectivity index is 2.06. The molecule has 1 aromatic rings. The first kappa shape index (κ1) is 14.6. The number of nitrogens with one attached hydrogen (secondary N) is 1. The molecule has 0 aromatic carbocycles. The number of piperidine rings is 1. The maximum absolute atomic E-state index is 6.21. The van der Waals surface area contributed by atoms with Crippen LogP contribution in [0.3, 0.4) is 0 Å². The summed E-state index contributed by atoms with van der Waals surface area (Å²) in [6.07, 6.45) is 3.82. The first-order chi connectivity index (χ1) is 8.49. The van der Waals surface area contributed by atoms with E-state index in [0.29, 0.717) is 12.1 Å². The van der Waals surface area contributed by atoms with Crippen molar-refractivity contribution in [2.24, 2.45) is 0 Å². The third kappa shape index (κ3) is 3.20. The van der Waals surface area contributed by atoms with Gasteiger partial charge in [-0.05, 0) is 39.7 Å². The van der Waals surface area contributed by atoms with Crippen molar-refractivity contribution in [3.05, 3.63) is 20.3 Å². The lowest BCUT2D eigenvalue weighted by atomic mass is 9.99. The van der Waals surface area contributed by atoms with Crippen molar-refractivity contribution in [1.29, 1.82) is 0 Å². The lowest BCUT2D eigenvalue weighted by molar-refractivity contribution is 0.0321. The highest BCUT2D eigenvalue weighted by molar-refractivity contribution is 7.20. The van der Waals surface area contributed by atoms with E-state index in [0.717, 1.165) is 14.2 Å². The second-order valence-corrected chi connectivity index (χ2v) is 7.45. The molecule has 1 N–H and O–H groups in total. The molecule has 2 nitrogen and oxygen atoms in total. The van der Waals surface area contributed by atoms with Gasteiger partial charge < -0.3 is 0 Å². The fraction of sp³-hybridized carbons (Fsp3) is 0.692. The Morgan fingerprint density at radius 3 is 2.44 bits per heavy atom. The van der Waals surface area contributed by atoms with E-state index < -0.39 is 0 Å². The predicted molar refractivity (Wildman–Crippen MR) is 80.5 cm³/mol. The zero-order chi connectivity index (χ0) is 13.3. The van der Waals surface area contributed by atoms with Crippen LogP contribution in [0.25, 0.3) is 0 Å². The zero-order valence-corrected chi connectivity index (χ0v) is 13.4. The third-order valence-electron chi connectivity index (χ3n) is 3.69. The van der Waals surface area contributed by atoms with Gasteiger partial charge in [-0.1, -0.05) is 29.6 Å². The van der Waals surface area contributed by atoms with Crippen LogP contribution in [0.15, 0.2) is 6.07 Å². The van der Waals surface area contributed by atoms with Crippen molar-refractivity contribution in [2.75, 3.05) is 0 Å². The Labute approximate surface area is 123 Å². The SMILES string of the molecule is CC(NN1C(C)CCCC1C)c1cc(Cl)sc1Cl. The van der Waals surface area contributed by atoms with Gasteiger partial charge in [-0.3, -0.25) is 0 Å². The molecule has 0 spiro atoms. The van der Waals surface area contributed by atoms with E-state index in [1.807, 2.05) is 6.07 Å². The summed E-state index contributed by atoms with van der Waals surface area (Å²) in [5.41, 5.74) is 4.68.